The Kier molecular flexibility index (Phi) is 5.04. The van der Waals surface area contributed by atoms with E-state index in [0.717, 1.165) is 11.6 Å². The summed E-state index contributed by atoms with van der Waals surface area (Å²) in [6, 6.07) is 6.82. The Morgan fingerprint density at radius 3 is 2.67 bits per heavy atom. The van der Waals surface area contributed by atoms with Crippen LogP contribution in [0.5, 0.6) is 0 Å². The average molecular weight is 267 g/mol. The lowest BCUT2D eigenvalue weighted by Crippen LogP contribution is -2.42. The van der Waals surface area contributed by atoms with Crippen molar-refractivity contribution >= 4 is 11.6 Å². The molecule has 1 aliphatic rings. The number of likely N-dealkylation sites (tertiary alicyclic amines) is 1. The van der Waals surface area contributed by atoms with E-state index in [4.69, 9.17) is 11.6 Å². The molecule has 0 atom stereocenters. The van der Waals surface area contributed by atoms with Crippen molar-refractivity contribution in [3.05, 3.63) is 34.3 Å². The highest BCUT2D eigenvalue weighted by Gasteiger charge is 2.17. The highest BCUT2D eigenvalue weighted by atomic mass is 35.5. The monoisotopic (exact) mass is 266 g/mol. The third kappa shape index (κ3) is 3.71. The molecule has 0 amide bonds. The van der Waals surface area contributed by atoms with Gasteiger partial charge in [-0.15, -0.1) is 0 Å². The smallest absolute Gasteiger partial charge is 0.0408 e. The number of hydrogen-bond acceptors (Lipinski definition) is 2. The zero-order chi connectivity index (χ0) is 13.0. The molecule has 1 heterocycles. The van der Waals surface area contributed by atoms with Gasteiger partial charge < -0.3 is 10.2 Å². The molecule has 0 saturated carbocycles. The Hall–Kier alpha value is -0.570. The van der Waals surface area contributed by atoms with Gasteiger partial charge >= 0.3 is 0 Å². The van der Waals surface area contributed by atoms with Crippen molar-refractivity contribution in [2.24, 2.45) is 0 Å². The van der Waals surface area contributed by atoms with E-state index >= 15 is 0 Å². The number of aryl methyl sites for hydroxylation is 1. The van der Waals surface area contributed by atoms with Crippen LogP contribution in [0.25, 0.3) is 0 Å². The first kappa shape index (κ1) is 13.9. The SMILES string of the molecule is CCN1CCC(NCc2ccc(Cl)cc2C)CC1. The number of halogens is 1. The predicted molar refractivity (Wildman–Crippen MR) is 78.2 cm³/mol. The lowest BCUT2D eigenvalue weighted by molar-refractivity contribution is 0.206. The van der Waals surface area contributed by atoms with Gasteiger partial charge in [-0.25, -0.2) is 0 Å². The molecule has 0 aliphatic carbocycles. The van der Waals surface area contributed by atoms with Crippen molar-refractivity contribution in [3.63, 3.8) is 0 Å². The van der Waals surface area contributed by atoms with Crippen molar-refractivity contribution in [3.8, 4) is 0 Å². The summed E-state index contributed by atoms with van der Waals surface area (Å²) in [7, 11) is 0. The Bertz CT molecular complexity index is 384. The van der Waals surface area contributed by atoms with Gasteiger partial charge in [0.1, 0.15) is 0 Å². The summed E-state index contributed by atoms with van der Waals surface area (Å²) in [5, 5.41) is 4.50. The van der Waals surface area contributed by atoms with Gasteiger partial charge in [-0.05, 0) is 62.7 Å². The van der Waals surface area contributed by atoms with E-state index in [9.17, 15) is 0 Å². The van der Waals surface area contributed by atoms with Crippen molar-refractivity contribution in [2.75, 3.05) is 19.6 Å². The van der Waals surface area contributed by atoms with Gasteiger partial charge in [-0.3, -0.25) is 0 Å². The lowest BCUT2D eigenvalue weighted by atomic mass is 10.0. The van der Waals surface area contributed by atoms with Crippen LogP contribution in [0.1, 0.15) is 30.9 Å². The molecule has 100 valence electrons. The minimum Gasteiger partial charge on any atom is -0.310 e. The molecular formula is C15H23ClN2. The maximum absolute atomic E-state index is 5.97. The fourth-order valence-corrected chi connectivity index (χ4v) is 2.79. The first-order valence-electron chi connectivity index (χ1n) is 6.90. The molecule has 0 aromatic heterocycles. The van der Waals surface area contributed by atoms with E-state index in [-0.39, 0.29) is 0 Å². The van der Waals surface area contributed by atoms with Crippen LogP contribution in [0.3, 0.4) is 0 Å². The maximum Gasteiger partial charge on any atom is 0.0408 e. The second kappa shape index (κ2) is 6.55. The first-order valence-corrected chi connectivity index (χ1v) is 7.27. The van der Waals surface area contributed by atoms with Crippen molar-refractivity contribution in [2.45, 2.75) is 39.3 Å². The van der Waals surface area contributed by atoms with Crippen LogP contribution in [0, 0.1) is 6.92 Å². The summed E-state index contributed by atoms with van der Waals surface area (Å²) in [4.78, 5) is 2.52. The van der Waals surface area contributed by atoms with Gasteiger partial charge in [0.05, 0.1) is 0 Å². The highest BCUT2D eigenvalue weighted by molar-refractivity contribution is 6.30. The molecule has 0 unspecified atom stereocenters. The minimum absolute atomic E-state index is 0.669. The summed E-state index contributed by atoms with van der Waals surface area (Å²) >= 11 is 5.97. The van der Waals surface area contributed by atoms with Crippen LogP contribution in [-0.2, 0) is 6.54 Å². The number of piperidine rings is 1. The van der Waals surface area contributed by atoms with Crippen molar-refractivity contribution in [1.82, 2.24) is 10.2 Å². The summed E-state index contributed by atoms with van der Waals surface area (Å²) in [5.74, 6) is 0. The zero-order valence-electron chi connectivity index (χ0n) is 11.4. The van der Waals surface area contributed by atoms with Gasteiger partial charge in [-0.2, -0.15) is 0 Å². The second-order valence-electron chi connectivity index (χ2n) is 5.16. The number of hydrogen-bond donors (Lipinski definition) is 1. The van der Waals surface area contributed by atoms with Crippen molar-refractivity contribution < 1.29 is 0 Å². The lowest BCUT2D eigenvalue weighted by Gasteiger charge is -2.31. The first-order chi connectivity index (χ1) is 8.69. The van der Waals surface area contributed by atoms with E-state index in [0.29, 0.717) is 6.04 Å². The summed E-state index contributed by atoms with van der Waals surface area (Å²) < 4.78 is 0. The molecule has 1 aliphatic heterocycles. The summed E-state index contributed by atoms with van der Waals surface area (Å²) in [6.07, 6.45) is 2.53. The molecule has 0 radical (unpaired) electrons. The van der Waals surface area contributed by atoms with Crippen LogP contribution >= 0.6 is 11.6 Å². The van der Waals surface area contributed by atoms with Crippen LogP contribution in [-0.4, -0.2) is 30.6 Å². The molecule has 2 rings (SSSR count). The van der Waals surface area contributed by atoms with Crippen LogP contribution in [0.4, 0.5) is 0 Å². The Balaban J connectivity index is 1.81. The third-order valence-corrected chi connectivity index (χ3v) is 4.16. The topological polar surface area (TPSA) is 15.3 Å². The van der Waals surface area contributed by atoms with Gasteiger partial charge in [-0.1, -0.05) is 24.6 Å². The minimum atomic E-state index is 0.669. The number of benzene rings is 1. The molecule has 1 saturated heterocycles. The van der Waals surface area contributed by atoms with E-state index in [2.05, 4.69) is 30.1 Å². The molecule has 18 heavy (non-hydrogen) atoms. The number of rotatable bonds is 4. The van der Waals surface area contributed by atoms with Crippen LogP contribution in [0.2, 0.25) is 5.02 Å². The van der Waals surface area contributed by atoms with Crippen LogP contribution < -0.4 is 5.32 Å². The molecule has 1 aromatic rings. The standard InChI is InChI=1S/C15H23ClN2/c1-3-18-8-6-15(7-9-18)17-11-13-4-5-14(16)10-12(13)2/h4-5,10,15,17H,3,6-9,11H2,1-2H3. The predicted octanol–water partition coefficient (Wildman–Crippen LogP) is 3.22. The van der Waals surface area contributed by atoms with E-state index in [1.807, 2.05) is 12.1 Å². The van der Waals surface area contributed by atoms with Gasteiger partial charge in [0.25, 0.3) is 0 Å². The van der Waals surface area contributed by atoms with E-state index in [1.54, 1.807) is 0 Å². The molecular weight excluding hydrogens is 244 g/mol. The van der Waals surface area contributed by atoms with E-state index in [1.165, 1.54) is 43.6 Å². The fourth-order valence-electron chi connectivity index (χ4n) is 2.57. The summed E-state index contributed by atoms with van der Waals surface area (Å²) in [5.41, 5.74) is 2.64. The molecule has 0 bridgehead atoms. The third-order valence-electron chi connectivity index (χ3n) is 3.92. The fraction of sp³-hybridized carbons (Fsp3) is 0.600. The molecule has 3 heteroatoms. The second-order valence-corrected chi connectivity index (χ2v) is 5.60. The van der Waals surface area contributed by atoms with E-state index < -0.39 is 0 Å². The number of nitrogens with one attached hydrogen (secondary N) is 1. The Morgan fingerprint density at radius 2 is 2.06 bits per heavy atom. The molecule has 0 spiro atoms. The van der Waals surface area contributed by atoms with Gasteiger partial charge in [0, 0.05) is 17.6 Å². The van der Waals surface area contributed by atoms with Crippen molar-refractivity contribution in [1.29, 1.82) is 0 Å². The molecule has 2 nitrogen and oxygen atoms in total. The maximum atomic E-state index is 5.97. The molecule has 1 fully saturated rings. The van der Waals surface area contributed by atoms with Crippen LogP contribution in [0.15, 0.2) is 18.2 Å². The Morgan fingerprint density at radius 1 is 1.33 bits per heavy atom. The zero-order valence-corrected chi connectivity index (χ0v) is 12.1. The molecule has 1 N–H and O–H groups in total. The quantitative estimate of drug-likeness (QED) is 0.900. The highest BCUT2D eigenvalue weighted by Crippen LogP contribution is 2.16. The average Bonchev–Trinajstić information content (AvgIpc) is 2.38. The number of nitrogens with zero attached hydrogens (tertiary/aromatic N) is 1. The normalized spacial score (nSPS) is 18.2. The Labute approximate surface area is 115 Å². The largest absolute Gasteiger partial charge is 0.310 e. The van der Waals surface area contributed by atoms with Gasteiger partial charge in [0.2, 0.25) is 0 Å². The van der Waals surface area contributed by atoms with Gasteiger partial charge in [0.15, 0.2) is 0 Å². The molecule has 1 aromatic carbocycles. The summed E-state index contributed by atoms with van der Waals surface area (Å²) in [6.45, 7) is 8.97.